The van der Waals surface area contributed by atoms with Gasteiger partial charge >= 0.3 is 0 Å². The third-order valence-corrected chi connectivity index (χ3v) is 2.87. The van der Waals surface area contributed by atoms with Gasteiger partial charge in [-0.25, -0.2) is 4.98 Å². The summed E-state index contributed by atoms with van der Waals surface area (Å²) in [5.41, 5.74) is 0. The Labute approximate surface area is 101 Å². The van der Waals surface area contributed by atoms with Crippen molar-refractivity contribution in [3.8, 4) is 0 Å². The maximum absolute atomic E-state index is 11.9. The molecule has 0 spiro atoms. The summed E-state index contributed by atoms with van der Waals surface area (Å²) < 4.78 is 5.31. The molecule has 1 aromatic rings. The van der Waals surface area contributed by atoms with Crippen molar-refractivity contribution in [1.29, 1.82) is 0 Å². The predicted molar refractivity (Wildman–Crippen MR) is 63.4 cm³/mol. The molecule has 0 atom stereocenters. The van der Waals surface area contributed by atoms with Gasteiger partial charge in [0.2, 0.25) is 11.8 Å². The van der Waals surface area contributed by atoms with Crippen LogP contribution in [-0.4, -0.2) is 34.9 Å². The lowest BCUT2D eigenvalue weighted by Gasteiger charge is -2.20. The lowest BCUT2D eigenvalue weighted by molar-refractivity contribution is -0.130. The Balaban J connectivity index is 1.72. The van der Waals surface area contributed by atoms with Crippen molar-refractivity contribution < 1.29 is 9.21 Å². The number of nitrogens with one attached hydrogen (secondary N) is 1. The van der Waals surface area contributed by atoms with E-state index in [0.29, 0.717) is 25.0 Å². The molecule has 5 heteroatoms. The molecule has 0 aromatic carbocycles. The fourth-order valence-electron chi connectivity index (χ4n) is 1.89. The first-order valence-corrected chi connectivity index (χ1v) is 6.12. The number of amides is 1. The van der Waals surface area contributed by atoms with Gasteiger partial charge < -0.3 is 9.32 Å². The lowest BCUT2D eigenvalue weighted by Crippen LogP contribution is -2.39. The van der Waals surface area contributed by atoms with E-state index in [1.165, 1.54) is 0 Å². The molecule has 17 heavy (non-hydrogen) atoms. The Morgan fingerprint density at radius 3 is 2.94 bits per heavy atom. The number of likely N-dealkylation sites (N-methyl/N-ethyl adjacent to an activating group) is 1. The van der Waals surface area contributed by atoms with E-state index in [9.17, 15) is 4.79 Å². The van der Waals surface area contributed by atoms with Crippen molar-refractivity contribution in [2.24, 2.45) is 0 Å². The molecule has 1 N–H and O–H groups in total. The number of nitrogens with zero attached hydrogens (tertiary/aromatic N) is 2. The van der Waals surface area contributed by atoms with E-state index < -0.39 is 0 Å². The maximum Gasteiger partial charge on any atom is 0.236 e. The first kappa shape index (κ1) is 12.1. The van der Waals surface area contributed by atoms with E-state index in [0.717, 1.165) is 25.1 Å². The monoisotopic (exact) mass is 237 g/mol. The smallest absolute Gasteiger partial charge is 0.236 e. The van der Waals surface area contributed by atoms with Crippen LogP contribution in [-0.2, 0) is 11.3 Å². The Morgan fingerprint density at radius 1 is 1.65 bits per heavy atom. The van der Waals surface area contributed by atoms with E-state index in [-0.39, 0.29) is 5.91 Å². The summed E-state index contributed by atoms with van der Waals surface area (Å²) in [5.74, 6) is 1.59. The Bertz CT molecular complexity index is 385. The minimum Gasteiger partial charge on any atom is -0.445 e. The van der Waals surface area contributed by atoms with Crippen molar-refractivity contribution in [3.05, 3.63) is 17.8 Å². The number of hydrogen-bond donors (Lipinski definition) is 1. The summed E-state index contributed by atoms with van der Waals surface area (Å²) in [5, 5.41) is 3.06. The Morgan fingerprint density at radius 2 is 2.41 bits per heavy atom. The summed E-state index contributed by atoms with van der Waals surface area (Å²) in [6.07, 6.45) is 3.98. The predicted octanol–water partition coefficient (Wildman–Crippen LogP) is 1.08. The van der Waals surface area contributed by atoms with E-state index in [1.807, 2.05) is 18.7 Å². The van der Waals surface area contributed by atoms with Crippen molar-refractivity contribution >= 4 is 5.91 Å². The fraction of sp³-hybridized carbons (Fsp3) is 0.667. The molecule has 0 radical (unpaired) electrons. The molecule has 1 aliphatic carbocycles. The highest BCUT2D eigenvalue weighted by atomic mass is 16.4. The van der Waals surface area contributed by atoms with Gasteiger partial charge in [0.05, 0.1) is 19.3 Å². The summed E-state index contributed by atoms with van der Waals surface area (Å²) >= 11 is 0. The van der Waals surface area contributed by atoms with Gasteiger partial charge in [-0.15, -0.1) is 0 Å². The van der Waals surface area contributed by atoms with Gasteiger partial charge in [0, 0.05) is 12.6 Å². The van der Waals surface area contributed by atoms with Crippen molar-refractivity contribution in [1.82, 2.24) is 15.2 Å². The van der Waals surface area contributed by atoms with Crippen molar-refractivity contribution in [2.75, 3.05) is 13.1 Å². The standard InChI is InChI=1S/C12H19N3O2/c1-3-15(10-4-5-10)12(16)8-13-7-11-14-6-9(2)17-11/h6,10,13H,3-5,7-8H2,1-2H3. The summed E-state index contributed by atoms with van der Waals surface area (Å²) in [6.45, 7) is 5.53. The summed E-state index contributed by atoms with van der Waals surface area (Å²) in [7, 11) is 0. The molecule has 94 valence electrons. The number of oxazole rings is 1. The van der Waals surface area contributed by atoms with Crippen LogP contribution in [0, 0.1) is 6.92 Å². The third kappa shape index (κ3) is 3.30. The van der Waals surface area contributed by atoms with Crippen LogP contribution in [0.3, 0.4) is 0 Å². The van der Waals surface area contributed by atoms with Crippen LogP contribution in [0.25, 0.3) is 0 Å². The van der Waals surface area contributed by atoms with Crippen LogP contribution in [0.4, 0.5) is 0 Å². The zero-order valence-electron chi connectivity index (χ0n) is 10.4. The zero-order chi connectivity index (χ0) is 12.3. The molecule has 1 heterocycles. The van der Waals surface area contributed by atoms with Crippen molar-refractivity contribution in [2.45, 2.75) is 39.3 Å². The molecule has 0 unspecified atom stereocenters. The molecule has 1 fully saturated rings. The fourth-order valence-corrected chi connectivity index (χ4v) is 1.89. The molecule has 1 aromatic heterocycles. The van der Waals surface area contributed by atoms with Gasteiger partial charge in [0.15, 0.2) is 0 Å². The zero-order valence-corrected chi connectivity index (χ0v) is 10.4. The van der Waals surface area contributed by atoms with Crippen LogP contribution >= 0.6 is 0 Å². The average Bonchev–Trinajstić information content (AvgIpc) is 3.04. The van der Waals surface area contributed by atoms with E-state index in [1.54, 1.807) is 6.20 Å². The molecule has 1 aliphatic rings. The van der Waals surface area contributed by atoms with Gasteiger partial charge in [0.25, 0.3) is 0 Å². The molecule has 2 rings (SSSR count). The molecule has 1 saturated carbocycles. The maximum atomic E-state index is 11.9. The van der Waals surface area contributed by atoms with Gasteiger partial charge in [0.1, 0.15) is 5.76 Å². The number of carbonyl (C=O) groups excluding carboxylic acids is 1. The molecular formula is C12H19N3O2. The quantitative estimate of drug-likeness (QED) is 0.804. The van der Waals surface area contributed by atoms with E-state index >= 15 is 0 Å². The third-order valence-electron chi connectivity index (χ3n) is 2.87. The molecule has 1 amide bonds. The number of aryl methyl sites for hydroxylation is 1. The van der Waals surface area contributed by atoms with Crippen molar-refractivity contribution in [3.63, 3.8) is 0 Å². The number of carbonyl (C=O) groups is 1. The second-order valence-electron chi connectivity index (χ2n) is 4.38. The first-order valence-electron chi connectivity index (χ1n) is 6.12. The molecule has 5 nitrogen and oxygen atoms in total. The second kappa shape index (κ2) is 5.31. The van der Waals surface area contributed by atoms with E-state index in [4.69, 9.17) is 4.42 Å². The number of aromatic nitrogens is 1. The normalized spacial score (nSPS) is 14.9. The number of rotatable bonds is 6. The minimum atomic E-state index is 0.165. The average molecular weight is 237 g/mol. The number of hydrogen-bond acceptors (Lipinski definition) is 4. The van der Waals surface area contributed by atoms with Crippen LogP contribution in [0.1, 0.15) is 31.4 Å². The van der Waals surface area contributed by atoms with Crippen LogP contribution in [0.5, 0.6) is 0 Å². The van der Waals surface area contributed by atoms with Crippen LogP contribution < -0.4 is 5.32 Å². The van der Waals surface area contributed by atoms with Gasteiger partial charge in [-0.05, 0) is 26.7 Å². The molecule has 0 bridgehead atoms. The molecule has 0 aliphatic heterocycles. The van der Waals surface area contributed by atoms with Crippen LogP contribution in [0.15, 0.2) is 10.6 Å². The van der Waals surface area contributed by atoms with Gasteiger partial charge in [-0.1, -0.05) is 0 Å². The first-order chi connectivity index (χ1) is 8.20. The highest BCUT2D eigenvalue weighted by Crippen LogP contribution is 2.26. The SMILES string of the molecule is CCN(C(=O)CNCc1ncc(C)o1)C1CC1. The Hall–Kier alpha value is -1.36. The van der Waals surface area contributed by atoms with Gasteiger partial charge in [-0.3, -0.25) is 10.1 Å². The second-order valence-corrected chi connectivity index (χ2v) is 4.38. The molecular weight excluding hydrogens is 218 g/mol. The lowest BCUT2D eigenvalue weighted by atomic mass is 10.4. The summed E-state index contributed by atoms with van der Waals surface area (Å²) in [6, 6.07) is 0.485. The van der Waals surface area contributed by atoms with Crippen LogP contribution in [0.2, 0.25) is 0 Å². The van der Waals surface area contributed by atoms with Gasteiger partial charge in [-0.2, -0.15) is 0 Å². The summed E-state index contributed by atoms with van der Waals surface area (Å²) in [4.78, 5) is 17.9. The highest BCUT2D eigenvalue weighted by molar-refractivity contribution is 5.78. The topological polar surface area (TPSA) is 58.4 Å². The highest BCUT2D eigenvalue weighted by Gasteiger charge is 2.30. The van der Waals surface area contributed by atoms with E-state index in [2.05, 4.69) is 10.3 Å². The molecule has 0 saturated heterocycles. The largest absolute Gasteiger partial charge is 0.445 e. The minimum absolute atomic E-state index is 0.165. The Kier molecular flexibility index (Phi) is 3.78.